The molecule has 1 saturated heterocycles. The Bertz CT molecular complexity index is 1230. The number of carbonyl (C=O) groups is 1. The van der Waals surface area contributed by atoms with Crippen LogP contribution in [0.4, 0.5) is 5.69 Å². The predicted molar refractivity (Wildman–Crippen MR) is 113 cm³/mol. The Hall–Kier alpha value is -2.43. The summed E-state index contributed by atoms with van der Waals surface area (Å²) in [5.74, 6) is -0.634. The van der Waals surface area contributed by atoms with Gasteiger partial charge in [0.2, 0.25) is 5.91 Å². The van der Waals surface area contributed by atoms with Crippen molar-refractivity contribution in [2.24, 2.45) is 20.0 Å². The monoisotopic (exact) mass is 434 g/mol. The molecule has 3 aromatic rings. The van der Waals surface area contributed by atoms with Gasteiger partial charge >= 0.3 is 5.69 Å². The summed E-state index contributed by atoms with van der Waals surface area (Å²) in [6, 6.07) is 8.60. The average Bonchev–Trinajstić information content (AvgIpc) is 3.33. The number of carbonyl (C=O) groups excluding carboxylic acids is 1. The molecule has 1 atom stereocenters. The number of piperidine rings is 1. The van der Waals surface area contributed by atoms with Gasteiger partial charge in [-0.15, -0.1) is 11.3 Å². The SMILES string of the molecule is Cn1c(=O)n(C)c2cc(NC(=O)C3CCCN(S(=O)(=O)c4cccs4)C3)ccc21. The first-order valence-corrected chi connectivity index (χ1v) is 11.6. The van der Waals surface area contributed by atoms with Crippen LogP contribution >= 0.6 is 11.3 Å². The number of benzene rings is 1. The van der Waals surface area contributed by atoms with Crippen LogP contribution in [0.1, 0.15) is 12.8 Å². The van der Waals surface area contributed by atoms with Crippen molar-refractivity contribution in [3.8, 4) is 0 Å². The second-order valence-corrected chi connectivity index (χ2v) is 10.3. The number of nitrogens with zero attached hydrogens (tertiary/aromatic N) is 3. The van der Waals surface area contributed by atoms with E-state index in [-0.39, 0.29) is 18.1 Å². The minimum Gasteiger partial charge on any atom is -0.326 e. The fourth-order valence-corrected chi connectivity index (χ4v) is 6.41. The van der Waals surface area contributed by atoms with Gasteiger partial charge in [-0.05, 0) is 42.5 Å². The summed E-state index contributed by atoms with van der Waals surface area (Å²) in [5, 5.41) is 4.61. The molecule has 4 rings (SSSR count). The maximum Gasteiger partial charge on any atom is 0.328 e. The first kappa shape index (κ1) is 19.9. The molecule has 3 heterocycles. The lowest BCUT2D eigenvalue weighted by molar-refractivity contribution is -0.120. The molecule has 1 aliphatic heterocycles. The van der Waals surface area contributed by atoms with E-state index in [4.69, 9.17) is 0 Å². The number of amides is 1. The quantitative estimate of drug-likeness (QED) is 0.679. The van der Waals surface area contributed by atoms with E-state index in [1.807, 2.05) is 0 Å². The molecule has 29 heavy (non-hydrogen) atoms. The van der Waals surface area contributed by atoms with E-state index in [0.717, 1.165) is 11.0 Å². The maximum absolute atomic E-state index is 12.8. The number of fused-ring (bicyclic) bond motifs is 1. The van der Waals surface area contributed by atoms with Crippen molar-refractivity contribution in [1.29, 1.82) is 0 Å². The third kappa shape index (κ3) is 3.52. The minimum absolute atomic E-state index is 0.134. The minimum atomic E-state index is -3.56. The maximum atomic E-state index is 12.8. The normalized spacial score (nSPS) is 18.2. The van der Waals surface area contributed by atoms with Crippen LogP contribution in [0.5, 0.6) is 0 Å². The van der Waals surface area contributed by atoms with Gasteiger partial charge in [-0.1, -0.05) is 6.07 Å². The van der Waals surface area contributed by atoms with Gasteiger partial charge in [-0.3, -0.25) is 13.9 Å². The van der Waals surface area contributed by atoms with Crippen molar-refractivity contribution in [2.75, 3.05) is 18.4 Å². The second-order valence-electron chi connectivity index (χ2n) is 7.23. The van der Waals surface area contributed by atoms with Crippen molar-refractivity contribution >= 4 is 44.0 Å². The van der Waals surface area contributed by atoms with Gasteiger partial charge in [0, 0.05) is 32.9 Å². The molecule has 1 N–H and O–H groups in total. The lowest BCUT2D eigenvalue weighted by atomic mass is 9.98. The van der Waals surface area contributed by atoms with Crippen molar-refractivity contribution < 1.29 is 13.2 Å². The number of hydrogen-bond acceptors (Lipinski definition) is 5. The Labute approximate surface area is 172 Å². The molecule has 1 unspecified atom stereocenters. The van der Waals surface area contributed by atoms with Gasteiger partial charge in [0.1, 0.15) is 4.21 Å². The highest BCUT2D eigenvalue weighted by atomic mass is 32.2. The van der Waals surface area contributed by atoms with Crippen LogP contribution in [0.25, 0.3) is 11.0 Å². The van der Waals surface area contributed by atoms with E-state index in [2.05, 4.69) is 5.32 Å². The lowest BCUT2D eigenvalue weighted by Crippen LogP contribution is -2.43. The van der Waals surface area contributed by atoms with Crippen molar-refractivity contribution in [1.82, 2.24) is 13.4 Å². The van der Waals surface area contributed by atoms with Crippen LogP contribution in [0.2, 0.25) is 0 Å². The molecule has 0 bridgehead atoms. The van der Waals surface area contributed by atoms with Crippen molar-refractivity contribution in [3.05, 3.63) is 46.2 Å². The van der Waals surface area contributed by atoms with Gasteiger partial charge in [0.25, 0.3) is 10.0 Å². The highest BCUT2D eigenvalue weighted by Crippen LogP contribution is 2.27. The Balaban J connectivity index is 1.52. The topological polar surface area (TPSA) is 93.4 Å². The number of thiophene rings is 1. The van der Waals surface area contributed by atoms with E-state index in [9.17, 15) is 18.0 Å². The number of sulfonamides is 1. The van der Waals surface area contributed by atoms with E-state index in [0.29, 0.717) is 29.3 Å². The third-order valence-electron chi connectivity index (χ3n) is 5.38. The molecular formula is C19H22N4O4S2. The summed E-state index contributed by atoms with van der Waals surface area (Å²) in [6.45, 7) is 0.584. The molecule has 8 nitrogen and oxygen atoms in total. The van der Waals surface area contributed by atoms with Crippen LogP contribution in [0.15, 0.2) is 44.7 Å². The molecule has 1 fully saturated rings. The zero-order chi connectivity index (χ0) is 20.8. The molecule has 0 radical (unpaired) electrons. The molecule has 10 heteroatoms. The number of rotatable bonds is 4. The van der Waals surface area contributed by atoms with E-state index in [1.54, 1.807) is 54.4 Å². The Morgan fingerprint density at radius 3 is 2.66 bits per heavy atom. The van der Waals surface area contributed by atoms with Crippen LogP contribution in [0, 0.1) is 5.92 Å². The van der Waals surface area contributed by atoms with E-state index >= 15 is 0 Å². The highest BCUT2D eigenvalue weighted by molar-refractivity contribution is 7.91. The summed E-state index contributed by atoms with van der Waals surface area (Å²) in [4.78, 5) is 24.9. The fourth-order valence-electron chi connectivity index (χ4n) is 3.74. The standard InChI is InChI=1S/C19H22N4O4S2/c1-21-15-8-7-14(11-16(15)22(2)19(21)25)20-18(24)13-5-3-9-23(12-13)29(26,27)17-6-4-10-28-17/h4,6-8,10-11,13H,3,5,9,12H2,1-2H3,(H,20,24). The van der Waals surface area contributed by atoms with Crippen molar-refractivity contribution in [3.63, 3.8) is 0 Å². The number of hydrogen-bond donors (Lipinski definition) is 1. The Morgan fingerprint density at radius 2 is 1.93 bits per heavy atom. The van der Waals surface area contributed by atoms with E-state index < -0.39 is 15.9 Å². The number of nitrogens with one attached hydrogen (secondary N) is 1. The van der Waals surface area contributed by atoms with Gasteiger partial charge in [0.15, 0.2) is 0 Å². The molecule has 1 aromatic carbocycles. The van der Waals surface area contributed by atoms with Gasteiger partial charge in [0.05, 0.1) is 17.0 Å². The summed E-state index contributed by atoms with van der Waals surface area (Å²) in [6.07, 6.45) is 1.27. The molecule has 0 saturated carbocycles. The molecule has 2 aromatic heterocycles. The summed E-state index contributed by atoms with van der Waals surface area (Å²) in [7, 11) is -0.176. The summed E-state index contributed by atoms with van der Waals surface area (Å²) in [5.41, 5.74) is 1.95. The average molecular weight is 435 g/mol. The smallest absolute Gasteiger partial charge is 0.326 e. The number of anilines is 1. The Kier molecular flexibility index (Phi) is 5.09. The second kappa shape index (κ2) is 7.43. The molecular weight excluding hydrogens is 412 g/mol. The highest BCUT2D eigenvalue weighted by Gasteiger charge is 2.33. The van der Waals surface area contributed by atoms with Crippen LogP contribution in [0.3, 0.4) is 0 Å². The zero-order valence-electron chi connectivity index (χ0n) is 16.2. The zero-order valence-corrected chi connectivity index (χ0v) is 17.8. The summed E-state index contributed by atoms with van der Waals surface area (Å²) >= 11 is 1.18. The lowest BCUT2D eigenvalue weighted by Gasteiger charge is -2.30. The molecule has 1 aliphatic rings. The van der Waals surface area contributed by atoms with Crippen molar-refractivity contribution in [2.45, 2.75) is 17.1 Å². The molecule has 0 aliphatic carbocycles. The third-order valence-corrected chi connectivity index (χ3v) is 8.62. The molecule has 154 valence electrons. The predicted octanol–water partition coefficient (Wildman–Crippen LogP) is 1.98. The van der Waals surface area contributed by atoms with Gasteiger partial charge < -0.3 is 5.32 Å². The number of imidazole rings is 1. The number of aromatic nitrogens is 2. The molecule has 1 amide bonds. The first-order valence-electron chi connectivity index (χ1n) is 9.29. The number of aryl methyl sites for hydroxylation is 2. The molecule has 0 spiro atoms. The van der Waals surface area contributed by atoms with E-state index in [1.165, 1.54) is 20.2 Å². The van der Waals surface area contributed by atoms with Crippen LogP contribution in [-0.2, 0) is 28.9 Å². The largest absolute Gasteiger partial charge is 0.328 e. The fraction of sp³-hybridized carbons (Fsp3) is 0.368. The van der Waals surface area contributed by atoms with Gasteiger partial charge in [-0.2, -0.15) is 4.31 Å². The van der Waals surface area contributed by atoms with Gasteiger partial charge in [-0.25, -0.2) is 13.2 Å². The van der Waals surface area contributed by atoms with Crippen LogP contribution in [-0.4, -0.2) is 40.9 Å². The van der Waals surface area contributed by atoms with Crippen LogP contribution < -0.4 is 11.0 Å². The first-order chi connectivity index (χ1) is 13.8. The Morgan fingerprint density at radius 1 is 1.17 bits per heavy atom. The summed E-state index contributed by atoms with van der Waals surface area (Å²) < 4.78 is 30.3.